The van der Waals surface area contributed by atoms with E-state index < -0.39 is 35.6 Å². The number of benzene rings is 1. The van der Waals surface area contributed by atoms with Crippen molar-refractivity contribution >= 4 is 35.3 Å². The number of amides is 1. The molecule has 0 saturated carbocycles. The van der Waals surface area contributed by atoms with Crippen LogP contribution in [-0.4, -0.2) is 33.3 Å². The van der Waals surface area contributed by atoms with Crippen LogP contribution in [0.4, 0.5) is 4.79 Å². The van der Waals surface area contributed by atoms with Crippen LogP contribution in [0, 0.1) is 0 Å². The number of aromatic nitrogens is 2. The van der Waals surface area contributed by atoms with E-state index in [1.165, 1.54) is 13.1 Å². The van der Waals surface area contributed by atoms with Crippen molar-refractivity contribution < 1.29 is 19.1 Å². The molecule has 1 N–H and O–H groups in total. The molecule has 9 nitrogen and oxygen atoms in total. The molecule has 31 heavy (non-hydrogen) atoms. The summed E-state index contributed by atoms with van der Waals surface area (Å²) in [6, 6.07) is 4.75. The fourth-order valence-electron chi connectivity index (χ4n) is 2.58. The molecule has 0 aliphatic carbocycles. The first-order chi connectivity index (χ1) is 14.4. The average Bonchev–Trinajstić information content (AvgIpc) is 2.65. The van der Waals surface area contributed by atoms with Gasteiger partial charge in [-0.15, -0.1) is 0 Å². The van der Waals surface area contributed by atoms with E-state index in [1.54, 1.807) is 39.0 Å². The van der Waals surface area contributed by atoms with Crippen LogP contribution in [0.15, 0.2) is 34.0 Å². The molecule has 1 amide bonds. The van der Waals surface area contributed by atoms with Gasteiger partial charge >= 0.3 is 17.8 Å². The van der Waals surface area contributed by atoms with Gasteiger partial charge in [0.1, 0.15) is 5.60 Å². The molecule has 1 heterocycles. The number of hydrogen-bond donors (Lipinski definition) is 1. The normalized spacial score (nSPS) is 11.2. The van der Waals surface area contributed by atoms with Crippen molar-refractivity contribution in [3.05, 3.63) is 55.3 Å². The molecule has 0 radical (unpaired) electrons. The largest absolute Gasteiger partial charge is 0.444 e. The van der Waals surface area contributed by atoms with E-state index in [2.05, 4.69) is 5.32 Å². The maximum atomic E-state index is 13.0. The Morgan fingerprint density at radius 3 is 2.42 bits per heavy atom. The Balaban J connectivity index is 2.44. The second-order valence-electron chi connectivity index (χ2n) is 7.55. The van der Waals surface area contributed by atoms with Gasteiger partial charge in [0.15, 0.2) is 6.73 Å². The average molecular weight is 472 g/mol. The van der Waals surface area contributed by atoms with Gasteiger partial charge in [-0.25, -0.2) is 9.59 Å². The van der Waals surface area contributed by atoms with E-state index in [0.717, 1.165) is 9.13 Å². The number of nitrogens with one attached hydrogen (secondary N) is 1. The number of carbonyl (C=O) groups is 2. The van der Waals surface area contributed by atoms with Crippen LogP contribution in [0.25, 0.3) is 11.1 Å². The Kier molecular flexibility index (Phi) is 7.91. The van der Waals surface area contributed by atoms with Crippen LogP contribution < -0.4 is 16.6 Å². The third kappa shape index (κ3) is 6.60. The van der Waals surface area contributed by atoms with E-state index in [9.17, 15) is 19.2 Å². The molecule has 2 aromatic rings. The van der Waals surface area contributed by atoms with Crippen LogP contribution in [0.1, 0.15) is 27.7 Å². The van der Waals surface area contributed by atoms with E-state index in [1.807, 2.05) is 0 Å². The number of rotatable bonds is 6. The molecule has 168 valence electrons. The van der Waals surface area contributed by atoms with Crippen molar-refractivity contribution in [1.29, 1.82) is 0 Å². The van der Waals surface area contributed by atoms with Gasteiger partial charge in [-0.3, -0.25) is 18.7 Å². The standard InChI is InChI=1S/C20H23Cl2N3O6/c1-12(26)30-11-24-10-14(13-6-5-7-15(21)16(13)22)17(27)25(19(24)29)9-8-23-18(28)31-20(2,3)4/h5-7,10H,8-9,11H2,1-4H3,(H,23,28). The number of carbonyl (C=O) groups excluding carboxylic acids is 2. The van der Waals surface area contributed by atoms with Gasteiger partial charge < -0.3 is 14.8 Å². The van der Waals surface area contributed by atoms with E-state index in [0.29, 0.717) is 5.56 Å². The second-order valence-corrected chi connectivity index (χ2v) is 8.33. The van der Waals surface area contributed by atoms with Gasteiger partial charge in [0.2, 0.25) is 0 Å². The van der Waals surface area contributed by atoms with E-state index >= 15 is 0 Å². The number of hydrogen-bond acceptors (Lipinski definition) is 6. The molecule has 2 rings (SSSR count). The van der Waals surface area contributed by atoms with Crippen molar-refractivity contribution in [2.24, 2.45) is 0 Å². The summed E-state index contributed by atoms with van der Waals surface area (Å²) in [5, 5.41) is 2.86. The molecule has 0 saturated heterocycles. The molecule has 0 aliphatic heterocycles. The molecule has 11 heteroatoms. The summed E-state index contributed by atoms with van der Waals surface area (Å²) in [5.74, 6) is -0.599. The molecule has 0 fully saturated rings. The third-order valence-corrected chi connectivity index (χ3v) is 4.71. The van der Waals surface area contributed by atoms with Crippen molar-refractivity contribution in [3.8, 4) is 11.1 Å². The van der Waals surface area contributed by atoms with Crippen molar-refractivity contribution in [3.63, 3.8) is 0 Å². The van der Waals surface area contributed by atoms with Crippen LogP contribution in [0.2, 0.25) is 10.0 Å². The molecule has 0 spiro atoms. The highest BCUT2D eigenvalue weighted by Crippen LogP contribution is 2.31. The number of halogens is 2. The fraction of sp³-hybridized carbons (Fsp3) is 0.400. The Morgan fingerprint density at radius 2 is 1.81 bits per heavy atom. The van der Waals surface area contributed by atoms with Gasteiger partial charge in [0.25, 0.3) is 5.56 Å². The predicted octanol–water partition coefficient (Wildman–Crippen LogP) is 3.03. The third-order valence-electron chi connectivity index (χ3n) is 3.89. The zero-order valence-corrected chi connectivity index (χ0v) is 19.0. The quantitative estimate of drug-likeness (QED) is 0.648. The predicted molar refractivity (Wildman–Crippen MR) is 116 cm³/mol. The zero-order valence-electron chi connectivity index (χ0n) is 17.5. The second kappa shape index (κ2) is 10.0. The Hall–Kier alpha value is -2.78. The molecular formula is C20H23Cl2N3O6. The first-order valence-corrected chi connectivity index (χ1v) is 10.0. The van der Waals surface area contributed by atoms with Crippen LogP contribution >= 0.6 is 23.2 Å². The number of ether oxygens (including phenoxy) is 2. The van der Waals surface area contributed by atoms with Gasteiger partial charge in [-0.1, -0.05) is 35.3 Å². The number of alkyl carbamates (subject to hydrolysis) is 1. The minimum absolute atomic E-state index is 0.0512. The Morgan fingerprint density at radius 1 is 1.13 bits per heavy atom. The highest BCUT2D eigenvalue weighted by molar-refractivity contribution is 6.43. The molecule has 0 aliphatic rings. The summed E-state index contributed by atoms with van der Waals surface area (Å²) < 4.78 is 12.0. The molecule has 1 aromatic carbocycles. The van der Waals surface area contributed by atoms with E-state index in [4.69, 9.17) is 32.7 Å². The zero-order chi connectivity index (χ0) is 23.3. The number of esters is 1. The molecular weight excluding hydrogens is 449 g/mol. The molecule has 0 atom stereocenters. The summed E-state index contributed by atoms with van der Waals surface area (Å²) in [4.78, 5) is 48.8. The lowest BCUT2D eigenvalue weighted by molar-refractivity contribution is -0.144. The maximum Gasteiger partial charge on any atom is 0.407 e. The summed E-state index contributed by atoms with van der Waals surface area (Å²) in [5.41, 5.74) is -1.67. The van der Waals surface area contributed by atoms with Crippen molar-refractivity contribution in [1.82, 2.24) is 14.5 Å². The minimum Gasteiger partial charge on any atom is -0.444 e. The summed E-state index contributed by atoms with van der Waals surface area (Å²) in [7, 11) is 0. The summed E-state index contributed by atoms with van der Waals surface area (Å²) >= 11 is 12.3. The lowest BCUT2D eigenvalue weighted by Crippen LogP contribution is -2.43. The Labute approximate surface area is 188 Å². The van der Waals surface area contributed by atoms with Crippen molar-refractivity contribution in [2.45, 2.75) is 46.6 Å². The van der Waals surface area contributed by atoms with Crippen LogP contribution in [-0.2, 0) is 27.5 Å². The van der Waals surface area contributed by atoms with E-state index in [-0.39, 0.29) is 28.7 Å². The van der Waals surface area contributed by atoms with Crippen LogP contribution in [0.5, 0.6) is 0 Å². The van der Waals surface area contributed by atoms with Crippen LogP contribution in [0.3, 0.4) is 0 Å². The fourth-order valence-corrected chi connectivity index (χ4v) is 2.99. The van der Waals surface area contributed by atoms with Gasteiger partial charge in [0.05, 0.1) is 15.6 Å². The van der Waals surface area contributed by atoms with Gasteiger partial charge in [-0.05, 0) is 26.8 Å². The SMILES string of the molecule is CC(=O)OCn1cc(-c2cccc(Cl)c2Cl)c(=O)n(CCNC(=O)OC(C)(C)C)c1=O. The maximum absolute atomic E-state index is 13.0. The van der Waals surface area contributed by atoms with Gasteiger partial charge in [-0.2, -0.15) is 0 Å². The first-order valence-electron chi connectivity index (χ1n) is 9.29. The smallest absolute Gasteiger partial charge is 0.407 e. The van der Waals surface area contributed by atoms with Gasteiger partial charge in [0, 0.05) is 31.8 Å². The minimum atomic E-state index is -0.723. The molecule has 0 unspecified atom stereocenters. The first kappa shape index (κ1) is 24.5. The lowest BCUT2D eigenvalue weighted by Gasteiger charge is -2.20. The summed E-state index contributed by atoms with van der Waals surface area (Å²) in [6.45, 7) is 5.72. The summed E-state index contributed by atoms with van der Waals surface area (Å²) in [6.07, 6.45) is 0.568. The number of nitrogens with zero attached hydrogens (tertiary/aromatic N) is 2. The highest BCUT2D eigenvalue weighted by atomic mass is 35.5. The molecule has 1 aromatic heterocycles. The Bertz CT molecular complexity index is 1100. The highest BCUT2D eigenvalue weighted by Gasteiger charge is 2.18. The van der Waals surface area contributed by atoms with Crippen molar-refractivity contribution in [2.75, 3.05) is 6.54 Å². The molecule has 0 bridgehead atoms. The lowest BCUT2D eigenvalue weighted by atomic mass is 10.1. The topological polar surface area (TPSA) is 109 Å². The monoisotopic (exact) mass is 471 g/mol.